The van der Waals surface area contributed by atoms with Crippen molar-refractivity contribution < 1.29 is 14.3 Å². The predicted octanol–water partition coefficient (Wildman–Crippen LogP) is 7.31. The number of hydrogen-bond donors (Lipinski definition) is 1. The SMILES string of the molecule is CC(C)(C)OC(=O)n1cc(Nc2cnc3ccc(N(COCC[Si](C)(C)C)c4nnc(C5CCCC5)s4)nc3c2)cn1. The molecule has 0 amide bonds. The number of hydrogen-bond acceptors (Lipinski definition) is 11. The van der Waals surface area contributed by atoms with Crippen LogP contribution in [-0.4, -0.2) is 63.1 Å². The lowest BCUT2D eigenvalue weighted by Crippen LogP contribution is -2.27. The summed E-state index contributed by atoms with van der Waals surface area (Å²) in [5, 5.41) is 18.4. The highest BCUT2D eigenvalue weighted by molar-refractivity contribution is 7.15. The van der Waals surface area contributed by atoms with Crippen molar-refractivity contribution >= 4 is 58.9 Å². The Balaban J connectivity index is 1.37. The quantitative estimate of drug-likeness (QED) is 0.111. The summed E-state index contributed by atoms with van der Waals surface area (Å²) in [5.41, 5.74) is 2.21. The monoisotopic (exact) mass is 608 g/mol. The Morgan fingerprint density at radius 3 is 2.64 bits per heavy atom. The minimum absolute atomic E-state index is 0.345. The van der Waals surface area contributed by atoms with Gasteiger partial charge in [0, 0.05) is 20.6 Å². The Morgan fingerprint density at radius 1 is 1.12 bits per heavy atom. The number of pyridine rings is 2. The summed E-state index contributed by atoms with van der Waals surface area (Å²) < 4.78 is 12.7. The molecule has 0 radical (unpaired) electrons. The molecule has 1 fully saturated rings. The molecule has 1 aliphatic carbocycles. The number of rotatable bonds is 10. The standard InChI is InChI=1S/C29H40N8O3SSi/c1-29(2,3)40-28(38)37-18-22(17-31-37)32-21-15-24-23(30-16-21)11-12-25(33-24)36(19-39-13-14-42(4,5)6)27-35-34-26(41-27)20-9-7-8-10-20/h11-12,15-18,20,32H,7-10,13-14,19H2,1-6H3. The number of anilines is 4. The van der Waals surface area contributed by atoms with Crippen LogP contribution >= 0.6 is 11.3 Å². The van der Waals surface area contributed by atoms with Crippen molar-refractivity contribution in [2.24, 2.45) is 0 Å². The van der Waals surface area contributed by atoms with E-state index in [4.69, 9.17) is 14.5 Å². The van der Waals surface area contributed by atoms with Crippen LogP contribution in [0.4, 0.5) is 27.1 Å². The molecule has 42 heavy (non-hydrogen) atoms. The first-order valence-corrected chi connectivity index (χ1v) is 19.0. The van der Waals surface area contributed by atoms with E-state index < -0.39 is 19.8 Å². The van der Waals surface area contributed by atoms with E-state index in [1.165, 1.54) is 30.4 Å². The van der Waals surface area contributed by atoms with Crippen LogP contribution in [0, 0.1) is 0 Å². The van der Waals surface area contributed by atoms with Gasteiger partial charge < -0.3 is 14.8 Å². The third kappa shape index (κ3) is 7.89. The molecule has 0 atom stereocenters. The number of nitrogens with one attached hydrogen (secondary N) is 1. The van der Waals surface area contributed by atoms with E-state index in [9.17, 15) is 4.79 Å². The first kappa shape index (κ1) is 30.0. The average molecular weight is 609 g/mol. The minimum Gasteiger partial charge on any atom is -0.442 e. The topological polar surface area (TPSA) is 120 Å². The normalized spacial score (nSPS) is 14.4. The summed E-state index contributed by atoms with van der Waals surface area (Å²) in [6.45, 7) is 13.5. The third-order valence-corrected chi connectivity index (χ3v) is 9.65. The summed E-state index contributed by atoms with van der Waals surface area (Å²) >= 11 is 1.63. The van der Waals surface area contributed by atoms with Gasteiger partial charge in [0.25, 0.3) is 0 Å². The van der Waals surface area contributed by atoms with Crippen LogP contribution in [0.1, 0.15) is 57.4 Å². The highest BCUT2D eigenvalue weighted by atomic mass is 32.1. The Kier molecular flexibility index (Phi) is 8.90. The average Bonchev–Trinajstić information content (AvgIpc) is 3.69. The maximum absolute atomic E-state index is 12.3. The molecule has 11 nitrogen and oxygen atoms in total. The van der Waals surface area contributed by atoms with Crippen molar-refractivity contribution in [2.75, 3.05) is 23.6 Å². The molecule has 1 aliphatic rings. The van der Waals surface area contributed by atoms with E-state index in [2.05, 4.69) is 45.2 Å². The zero-order valence-corrected chi connectivity index (χ0v) is 27.1. The number of carbonyl (C=O) groups is 1. The fourth-order valence-corrected chi connectivity index (χ4v) is 6.37. The first-order chi connectivity index (χ1) is 19.9. The Bertz CT molecular complexity index is 1520. The van der Waals surface area contributed by atoms with Crippen LogP contribution in [0.2, 0.25) is 25.7 Å². The third-order valence-electron chi connectivity index (χ3n) is 6.83. The van der Waals surface area contributed by atoms with Crippen molar-refractivity contribution in [1.82, 2.24) is 29.9 Å². The van der Waals surface area contributed by atoms with Gasteiger partial charge in [0.1, 0.15) is 23.2 Å². The Labute approximate surface area is 251 Å². The summed E-state index contributed by atoms with van der Waals surface area (Å²) in [4.78, 5) is 23.9. The van der Waals surface area contributed by atoms with Crippen LogP contribution in [0.3, 0.4) is 0 Å². The molecule has 224 valence electrons. The fraction of sp³-hybridized carbons (Fsp3) is 0.517. The zero-order valence-electron chi connectivity index (χ0n) is 25.3. The molecule has 4 aromatic heterocycles. The van der Waals surface area contributed by atoms with Crippen molar-refractivity contribution in [2.45, 2.75) is 83.7 Å². The molecule has 0 unspecified atom stereocenters. The van der Waals surface area contributed by atoms with Gasteiger partial charge in [-0.25, -0.2) is 9.78 Å². The second kappa shape index (κ2) is 12.4. The summed E-state index contributed by atoms with van der Waals surface area (Å²) in [6, 6.07) is 6.91. The van der Waals surface area contributed by atoms with Crippen LogP contribution in [0.5, 0.6) is 0 Å². The second-order valence-electron chi connectivity index (χ2n) is 12.9. The molecule has 1 N–H and O–H groups in total. The molecule has 4 aromatic rings. The number of nitrogens with zero attached hydrogens (tertiary/aromatic N) is 7. The van der Waals surface area contributed by atoms with Gasteiger partial charge in [-0.2, -0.15) is 9.78 Å². The lowest BCUT2D eigenvalue weighted by atomic mass is 10.1. The highest BCUT2D eigenvalue weighted by Gasteiger charge is 2.24. The summed E-state index contributed by atoms with van der Waals surface area (Å²) in [5.74, 6) is 1.22. The molecule has 1 saturated carbocycles. The zero-order chi connectivity index (χ0) is 29.9. The lowest BCUT2D eigenvalue weighted by molar-refractivity contribution is 0.0514. The van der Waals surface area contributed by atoms with E-state index in [1.807, 2.05) is 43.9 Å². The number of fused-ring (bicyclic) bond motifs is 1. The smallest absolute Gasteiger partial charge is 0.435 e. The van der Waals surface area contributed by atoms with Crippen molar-refractivity contribution in [3.63, 3.8) is 0 Å². The van der Waals surface area contributed by atoms with Crippen molar-refractivity contribution in [3.05, 3.63) is 41.8 Å². The van der Waals surface area contributed by atoms with Gasteiger partial charge in [-0.05, 0) is 57.9 Å². The van der Waals surface area contributed by atoms with E-state index in [1.54, 1.807) is 29.9 Å². The Morgan fingerprint density at radius 2 is 1.90 bits per heavy atom. The number of carbonyl (C=O) groups excluding carboxylic acids is 1. The minimum atomic E-state index is -1.22. The molecule has 0 bridgehead atoms. The van der Waals surface area contributed by atoms with Gasteiger partial charge in [-0.1, -0.05) is 43.8 Å². The Hall–Kier alpha value is -3.42. The van der Waals surface area contributed by atoms with Gasteiger partial charge in [0.2, 0.25) is 5.13 Å². The van der Waals surface area contributed by atoms with Gasteiger partial charge in [0.05, 0.1) is 41.0 Å². The maximum Gasteiger partial charge on any atom is 0.435 e. The van der Waals surface area contributed by atoms with E-state index in [0.29, 0.717) is 36.1 Å². The van der Waals surface area contributed by atoms with Crippen LogP contribution in [-0.2, 0) is 9.47 Å². The summed E-state index contributed by atoms with van der Waals surface area (Å²) in [7, 11) is -1.22. The molecule has 0 spiro atoms. The number of aromatic nitrogens is 6. The van der Waals surface area contributed by atoms with Gasteiger partial charge in [-0.3, -0.25) is 9.88 Å². The molecule has 4 heterocycles. The van der Waals surface area contributed by atoms with E-state index >= 15 is 0 Å². The molecule has 0 saturated heterocycles. The van der Waals surface area contributed by atoms with Gasteiger partial charge >= 0.3 is 6.09 Å². The van der Waals surface area contributed by atoms with Gasteiger partial charge in [0.15, 0.2) is 0 Å². The second-order valence-corrected chi connectivity index (χ2v) is 19.5. The number of ether oxygens (including phenoxy) is 2. The van der Waals surface area contributed by atoms with Crippen LogP contribution < -0.4 is 10.2 Å². The molecular weight excluding hydrogens is 569 g/mol. The molecule has 0 aliphatic heterocycles. The van der Waals surface area contributed by atoms with Crippen LogP contribution in [0.25, 0.3) is 11.0 Å². The first-order valence-electron chi connectivity index (χ1n) is 14.4. The molecule has 13 heteroatoms. The van der Waals surface area contributed by atoms with E-state index in [0.717, 1.165) is 27.5 Å². The fourth-order valence-electron chi connectivity index (χ4n) is 4.60. The predicted molar refractivity (Wildman–Crippen MR) is 169 cm³/mol. The maximum atomic E-state index is 12.3. The molecular formula is C29H40N8O3SSi. The van der Waals surface area contributed by atoms with Crippen molar-refractivity contribution in [1.29, 1.82) is 0 Å². The van der Waals surface area contributed by atoms with Crippen molar-refractivity contribution in [3.8, 4) is 0 Å². The largest absolute Gasteiger partial charge is 0.442 e. The van der Waals surface area contributed by atoms with Gasteiger partial charge in [-0.15, -0.1) is 10.2 Å². The summed E-state index contributed by atoms with van der Waals surface area (Å²) in [6.07, 6.45) is 9.18. The highest BCUT2D eigenvalue weighted by Crippen LogP contribution is 2.38. The van der Waals surface area contributed by atoms with E-state index in [-0.39, 0.29) is 0 Å². The molecule has 0 aromatic carbocycles. The lowest BCUT2D eigenvalue weighted by Gasteiger charge is -2.22. The molecule has 5 rings (SSSR count). The van der Waals surface area contributed by atoms with Crippen LogP contribution in [0.15, 0.2) is 36.8 Å².